The molecule has 0 aliphatic heterocycles. The third-order valence-electron chi connectivity index (χ3n) is 4.57. The standard InChI is InChI=1S/C19H19N3O5/c1-24-19(23)15-10-26-16(20-15)11-25-14-8-6-12(7-9-14)17-21-18(27-22-17)13-4-2-3-5-13/h6-10,13H,2-5,11H2,1H3. The number of ether oxygens (including phenoxy) is 2. The number of carbonyl (C=O) groups is 1. The molecule has 2 heterocycles. The van der Waals surface area contributed by atoms with Crippen molar-refractivity contribution in [1.82, 2.24) is 15.1 Å². The minimum Gasteiger partial charge on any atom is -0.484 e. The van der Waals surface area contributed by atoms with Gasteiger partial charge in [0.2, 0.25) is 17.6 Å². The molecule has 1 fully saturated rings. The van der Waals surface area contributed by atoms with Gasteiger partial charge in [0.05, 0.1) is 7.11 Å². The molecule has 1 aliphatic carbocycles. The highest BCUT2D eigenvalue weighted by molar-refractivity contribution is 5.86. The second kappa shape index (κ2) is 7.61. The van der Waals surface area contributed by atoms with E-state index in [1.807, 2.05) is 24.3 Å². The fourth-order valence-corrected chi connectivity index (χ4v) is 3.11. The Morgan fingerprint density at radius 1 is 1.19 bits per heavy atom. The van der Waals surface area contributed by atoms with Gasteiger partial charge in [-0.05, 0) is 37.1 Å². The van der Waals surface area contributed by atoms with Crippen LogP contribution in [0.15, 0.2) is 39.5 Å². The van der Waals surface area contributed by atoms with Crippen LogP contribution in [0.25, 0.3) is 11.4 Å². The summed E-state index contributed by atoms with van der Waals surface area (Å²) in [4.78, 5) is 19.9. The van der Waals surface area contributed by atoms with E-state index in [9.17, 15) is 4.79 Å². The molecule has 3 aromatic rings. The fourth-order valence-electron chi connectivity index (χ4n) is 3.11. The van der Waals surface area contributed by atoms with E-state index >= 15 is 0 Å². The van der Waals surface area contributed by atoms with Crippen LogP contribution in [-0.4, -0.2) is 28.2 Å². The molecule has 0 unspecified atom stereocenters. The van der Waals surface area contributed by atoms with Gasteiger partial charge in [-0.15, -0.1) is 0 Å². The predicted octanol–water partition coefficient (Wildman–Crippen LogP) is 3.75. The van der Waals surface area contributed by atoms with Crippen LogP contribution in [0.3, 0.4) is 0 Å². The van der Waals surface area contributed by atoms with Gasteiger partial charge in [-0.2, -0.15) is 4.98 Å². The first-order valence-electron chi connectivity index (χ1n) is 8.82. The van der Waals surface area contributed by atoms with Gasteiger partial charge in [0.25, 0.3) is 0 Å². The molecule has 0 radical (unpaired) electrons. The Balaban J connectivity index is 1.37. The molecule has 0 saturated heterocycles. The molecule has 0 bridgehead atoms. The van der Waals surface area contributed by atoms with E-state index < -0.39 is 5.97 Å². The predicted molar refractivity (Wildman–Crippen MR) is 93.1 cm³/mol. The largest absolute Gasteiger partial charge is 0.484 e. The van der Waals surface area contributed by atoms with Crippen LogP contribution < -0.4 is 4.74 Å². The molecule has 4 rings (SSSR count). The number of benzene rings is 1. The lowest BCUT2D eigenvalue weighted by Crippen LogP contribution is -2.02. The van der Waals surface area contributed by atoms with Crippen molar-refractivity contribution < 1.29 is 23.2 Å². The average Bonchev–Trinajstić information content (AvgIpc) is 3.47. The van der Waals surface area contributed by atoms with Crippen molar-refractivity contribution in [3.05, 3.63) is 48.0 Å². The molecule has 2 aromatic heterocycles. The van der Waals surface area contributed by atoms with E-state index in [2.05, 4.69) is 19.9 Å². The van der Waals surface area contributed by atoms with Crippen molar-refractivity contribution in [3.8, 4) is 17.1 Å². The van der Waals surface area contributed by atoms with Crippen LogP contribution in [0.5, 0.6) is 5.75 Å². The van der Waals surface area contributed by atoms with Crippen LogP contribution in [0, 0.1) is 0 Å². The lowest BCUT2D eigenvalue weighted by molar-refractivity contribution is 0.0594. The summed E-state index contributed by atoms with van der Waals surface area (Å²) in [6.07, 6.45) is 5.92. The third-order valence-corrected chi connectivity index (χ3v) is 4.57. The molecule has 140 valence electrons. The normalized spacial score (nSPS) is 14.4. The van der Waals surface area contributed by atoms with E-state index in [-0.39, 0.29) is 12.3 Å². The Hall–Kier alpha value is -3.16. The first-order valence-corrected chi connectivity index (χ1v) is 8.82. The molecule has 0 spiro atoms. The molecule has 0 N–H and O–H groups in total. The maximum absolute atomic E-state index is 11.4. The first-order chi connectivity index (χ1) is 13.2. The Morgan fingerprint density at radius 2 is 1.96 bits per heavy atom. The SMILES string of the molecule is COC(=O)c1coc(COc2ccc(-c3noc(C4CCCC4)n3)cc2)n1. The summed E-state index contributed by atoms with van der Waals surface area (Å²) in [5, 5.41) is 4.09. The monoisotopic (exact) mass is 369 g/mol. The summed E-state index contributed by atoms with van der Waals surface area (Å²) in [6.45, 7) is 0.102. The first kappa shape index (κ1) is 17.3. The summed E-state index contributed by atoms with van der Waals surface area (Å²) >= 11 is 0. The average molecular weight is 369 g/mol. The highest BCUT2D eigenvalue weighted by Crippen LogP contribution is 2.34. The van der Waals surface area contributed by atoms with Gasteiger partial charge in [0.15, 0.2) is 12.3 Å². The maximum Gasteiger partial charge on any atom is 0.360 e. The number of esters is 1. The number of aromatic nitrogens is 3. The van der Waals surface area contributed by atoms with Gasteiger partial charge < -0.3 is 18.4 Å². The Kier molecular flexibility index (Phi) is 4.86. The van der Waals surface area contributed by atoms with Crippen molar-refractivity contribution in [2.45, 2.75) is 38.2 Å². The van der Waals surface area contributed by atoms with Crippen LogP contribution >= 0.6 is 0 Å². The van der Waals surface area contributed by atoms with E-state index in [1.54, 1.807) is 0 Å². The quantitative estimate of drug-likeness (QED) is 0.606. The van der Waals surface area contributed by atoms with E-state index in [0.29, 0.717) is 23.4 Å². The van der Waals surface area contributed by atoms with Crippen LogP contribution in [0.1, 0.15) is 53.9 Å². The number of hydrogen-bond donors (Lipinski definition) is 0. The molecular formula is C19H19N3O5. The molecule has 0 amide bonds. The minimum absolute atomic E-state index is 0.102. The number of methoxy groups -OCH3 is 1. The summed E-state index contributed by atoms with van der Waals surface area (Å²) in [5.41, 5.74) is 0.973. The van der Waals surface area contributed by atoms with Crippen molar-refractivity contribution in [1.29, 1.82) is 0 Å². The Labute approximate surface area is 155 Å². The number of nitrogens with zero attached hydrogens (tertiary/aromatic N) is 3. The topological polar surface area (TPSA) is 100 Å². The zero-order chi connectivity index (χ0) is 18.6. The van der Waals surface area contributed by atoms with Crippen molar-refractivity contribution in [2.24, 2.45) is 0 Å². The Bertz CT molecular complexity index is 910. The summed E-state index contributed by atoms with van der Waals surface area (Å²) in [5.74, 6) is 2.08. The molecule has 8 nitrogen and oxygen atoms in total. The molecular weight excluding hydrogens is 350 g/mol. The van der Waals surface area contributed by atoms with E-state index in [1.165, 1.54) is 26.2 Å². The van der Waals surface area contributed by atoms with Gasteiger partial charge in [-0.1, -0.05) is 18.0 Å². The van der Waals surface area contributed by atoms with Crippen LogP contribution in [0.4, 0.5) is 0 Å². The second-order valence-electron chi connectivity index (χ2n) is 6.37. The molecule has 1 aromatic carbocycles. The molecule has 8 heteroatoms. The lowest BCUT2D eigenvalue weighted by atomic mass is 10.1. The number of hydrogen-bond acceptors (Lipinski definition) is 8. The van der Waals surface area contributed by atoms with Gasteiger partial charge in [-0.3, -0.25) is 0 Å². The molecule has 1 aliphatic rings. The van der Waals surface area contributed by atoms with E-state index in [0.717, 1.165) is 24.3 Å². The minimum atomic E-state index is -0.550. The summed E-state index contributed by atoms with van der Waals surface area (Å²) in [6, 6.07) is 7.36. The highest BCUT2D eigenvalue weighted by atomic mass is 16.5. The number of oxazole rings is 1. The van der Waals surface area contributed by atoms with Crippen molar-refractivity contribution in [3.63, 3.8) is 0 Å². The smallest absolute Gasteiger partial charge is 0.360 e. The van der Waals surface area contributed by atoms with Crippen molar-refractivity contribution in [2.75, 3.05) is 7.11 Å². The van der Waals surface area contributed by atoms with Crippen LogP contribution in [0.2, 0.25) is 0 Å². The number of rotatable bonds is 6. The fraction of sp³-hybridized carbons (Fsp3) is 0.368. The lowest BCUT2D eigenvalue weighted by Gasteiger charge is -2.03. The molecule has 0 atom stereocenters. The zero-order valence-electron chi connectivity index (χ0n) is 14.9. The van der Waals surface area contributed by atoms with E-state index in [4.69, 9.17) is 13.7 Å². The third kappa shape index (κ3) is 3.84. The second-order valence-corrected chi connectivity index (χ2v) is 6.37. The highest BCUT2D eigenvalue weighted by Gasteiger charge is 2.23. The van der Waals surface area contributed by atoms with Gasteiger partial charge in [0.1, 0.15) is 12.0 Å². The molecule has 1 saturated carbocycles. The zero-order valence-corrected chi connectivity index (χ0v) is 14.9. The Morgan fingerprint density at radius 3 is 2.70 bits per heavy atom. The van der Waals surface area contributed by atoms with Gasteiger partial charge >= 0.3 is 5.97 Å². The summed E-state index contributed by atoms with van der Waals surface area (Å²) < 4.78 is 20.8. The number of carbonyl (C=O) groups excluding carboxylic acids is 1. The summed E-state index contributed by atoms with van der Waals surface area (Å²) in [7, 11) is 1.29. The van der Waals surface area contributed by atoms with Crippen LogP contribution in [-0.2, 0) is 11.3 Å². The maximum atomic E-state index is 11.4. The van der Waals surface area contributed by atoms with Gasteiger partial charge in [0, 0.05) is 11.5 Å². The molecule has 27 heavy (non-hydrogen) atoms. The van der Waals surface area contributed by atoms with Crippen molar-refractivity contribution >= 4 is 5.97 Å². The van der Waals surface area contributed by atoms with Gasteiger partial charge in [-0.25, -0.2) is 9.78 Å².